The van der Waals surface area contributed by atoms with Gasteiger partial charge < -0.3 is 16.2 Å². The molecule has 1 aromatic heterocycles. The first kappa shape index (κ1) is 11.8. The third-order valence-corrected chi connectivity index (χ3v) is 2.44. The minimum absolute atomic E-state index is 0.529. The summed E-state index contributed by atoms with van der Waals surface area (Å²) in [6, 6.07) is 0. The van der Waals surface area contributed by atoms with E-state index >= 15 is 0 Å². The van der Waals surface area contributed by atoms with Crippen molar-refractivity contribution in [2.75, 3.05) is 25.2 Å². The summed E-state index contributed by atoms with van der Waals surface area (Å²) in [6.45, 7) is 3.79. The van der Waals surface area contributed by atoms with Crippen molar-refractivity contribution < 1.29 is 4.74 Å². The van der Waals surface area contributed by atoms with Crippen LogP contribution < -0.4 is 11.5 Å². The van der Waals surface area contributed by atoms with Gasteiger partial charge in [-0.3, -0.25) is 0 Å². The molecule has 4 N–H and O–H groups in total. The van der Waals surface area contributed by atoms with Gasteiger partial charge in [-0.05, 0) is 18.8 Å². The van der Waals surface area contributed by atoms with E-state index in [1.165, 1.54) is 0 Å². The van der Waals surface area contributed by atoms with Gasteiger partial charge in [-0.25, -0.2) is 4.68 Å². The molecule has 0 aliphatic carbocycles. The summed E-state index contributed by atoms with van der Waals surface area (Å²) >= 11 is 0. The van der Waals surface area contributed by atoms with Gasteiger partial charge in [-0.15, -0.1) is 0 Å². The maximum atomic E-state index is 5.76. The Bertz CT molecular complexity index is 298. The average molecular weight is 212 g/mol. The van der Waals surface area contributed by atoms with E-state index in [2.05, 4.69) is 12.0 Å². The number of hydrogen-bond donors (Lipinski definition) is 2. The second kappa shape index (κ2) is 5.60. The van der Waals surface area contributed by atoms with Crippen LogP contribution in [0.3, 0.4) is 0 Å². The third-order valence-electron chi connectivity index (χ3n) is 2.44. The summed E-state index contributed by atoms with van der Waals surface area (Å²) < 4.78 is 6.76. The SMILES string of the molecule is COCCCC(C)Cn1ncc(N)c1N. The van der Waals surface area contributed by atoms with Gasteiger partial charge in [0.15, 0.2) is 0 Å². The van der Waals surface area contributed by atoms with Crippen LogP contribution in [0, 0.1) is 5.92 Å². The van der Waals surface area contributed by atoms with Gasteiger partial charge in [-0.2, -0.15) is 5.10 Å². The van der Waals surface area contributed by atoms with Crippen LogP contribution in [0.2, 0.25) is 0 Å². The van der Waals surface area contributed by atoms with E-state index in [-0.39, 0.29) is 0 Å². The lowest BCUT2D eigenvalue weighted by Gasteiger charge is -2.12. The van der Waals surface area contributed by atoms with Crippen molar-refractivity contribution in [3.8, 4) is 0 Å². The summed E-state index contributed by atoms with van der Waals surface area (Å²) in [6.07, 6.45) is 3.76. The normalized spacial score (nSPS) is 12.9. The number of aromatic nitrogens is 2. The molecule has 0 bridgehead atoms. The first-order valence-electron chi connectivity index (χ1n) is 5.20. The molecule has 15 heavy (non-hydrogen) atoms. The van der Waals surface area contributed by atoms with Crippen LogP contribution in [-0.2, 0) is 11.3 Å². The molecule has 86 valence electrons. The summed E-state index contributed by atoms with van der Waals surface area (Å²) in [7, 11) is 1.72. The van der Waals surface area contributed by atoms with E-state index in [4.69, 9.17) is 16.2 Å². The number of nitrogen functional groups attached to an aromatic ring is 2. The Morgan fingerprint density at radius 2 is 2.27 bits per heavy atom. The predicted octanol–water partition coefficient (Wildman–Crippen LogP) is 1.11. The van der Waals surface area contributed by atoms with Gasteiger partial charge in [0.2, 0.25) is 0 Å². The molecule has 1 rings (SSSR count). The number of rotatable bonds is 6. The summed E-state index contributed by atoms with van der Waals surface area (Å²) in [5.41, 5.74) is 11.9. The molecular formula is C10H20N4O. The molecule has 0 saturated carbocycles. The van der Waals surface area contributed by atoms with E-state index in [0.29, 0.717) is 17.4 Å². The highest BCUT2D eigenvalue weighted by atomic mass is 16.5. The Balaban J connectivity index is 2.37. The number of methoxy groups -OCH3 is 1. The molecule has 0 radical (unpaired) electrons. The Hall–Kier alpha value is -1.23. The lowest BCUT2D eigenvalue weighted by Crippen LogP contribution is -2.12. The fraction of sp³-hybridized carbons (Fsp3) is 0.700. The van der Waals surface area contributed by atoms with E-state index in [0.717, 1.165) is 26.0 Å². The van der Waals surface area contributed by atoms with Crippen LogP contribution in [0.1, 0.15) is 19.8 Å². The number of hydrogen-bond acceptors (Lipinski definition) is 4. The maximum absolute atomic E-state index is 5.76. The topological polar surface area (TPSA) is 79.1 Å². The first-order valence-corrected chi connectivity index (χ1v) is 5.20. The van der Waals surface area contributed by atoms with Gasteiger partial charge in [0.05, 0.1) is 11.9 Å². The van der Waals surface area contributed by atoms with Crippen LogP contribution in [0.4, 0.5) is 11.5 Å². The van der Waals surface area contributed by atoms with Crippen molar-refractivity contribution in [2.45, 2.75) is 26.3 Å². The predicted molar refractivity (Wildman–Crippen MR) is 61.3 cm³/mol. The Morgan fingerprint density at radius 3 is 2.80 bits per heavy atom. The number of ether oxygens (including phenoxy) is 1. The molecule has 0 saturated heterocycles. The van der Waals surface area contributed by atoms with Gasteiger partial charge >= 0.3 is 0 Å². The summed E-state index contributed by atoms with van der Waals surface area (Å²) in [4.78, 5) is 0. The van der Waals surface area contributed by atoms with E-state index in [9.17, 15) is 0 Å². The van der Waals surface area contributed by atoms with E-state index < -0.39 is 0 Å². The molecular weight excluding hydrogens is 192 g/mol. The zero-order valence-electron chi connectivity index (χ0n) is 9.44. The molecule has 0 spiro atoms. The molecule has 1 heterocycles. The highest BCUT2D eigenvalue weighted by Gasteiger charge is 2.08. The van der Waals surface area contributed by atoms with Crippen LogP contribution in [0.15, 0.2) is 6.20 Å². The van der Waals surface area contributed by atoms with Crippen LogP contribution in [0.25, 0.3) is 0 Å². The first-order chi connectivity index (χ1) is 7.15. The molecule has 0 aliphatic heterocycles. The van der Waals surface area contributed by atoms with Crippen LogP contribution in [-0.4, -0.2) is 23.5 Å². The van der Waals surface area contributed by atoms with Crippen molar-refractivity contribution in [3.63, 3.8) is 0 Å². The number of nitrogens with zero attached hydrogens (tertiary/aromatic N) is 2. The second-order valence-electron chi connectivity index (χ2n) is 3.91. The highest BCUT2D eigenvalue weighted by Crippen LogP contribution is 2.16. The Kier molecular flexibility index (Phi) is 4.42. The van der Waals surface area contributed by atoms with Crippen molar-refractivity contribution in [3.05, 3.63) is 6.20 Å². The minimum atomic E-state index is 0.529. The Morgan fingerprint density at radius 1 is 1.53 bits per heavy atom. The third kappa shape index (κ3) is 3.43. The molecule has 0 aromatic carbocycles. The molecule has 1 atom stereocenters. The largest absolute Gasteiger partial charge is 0.394 e. The Labute approximate surface area is 90.4 Å². The zero-order chi connectivity index (χ0) is 11.3. The highest BCUT2D eigenvalue weighted by molar-refractivity contribution is 5.56. The van der Waals surface area contributed by atoms with E-state index in [1.807, 2.05) is 0 Å². The second-order valence-corrected chi connectivity index (χ2v) is 3.91. The number of anilines is 2. The monoisotopic (exact) mass is 212 g/mol. The lowest BCUT2D eigenvalue weighted by molar-refractivity contribution is 0.186. The van der Waals surface area contributed by atoms with Crippen LogP contribution in [0.5, 0.6) is 0 Å². The molecule has 5 heteroatoms. The van der Waals surface area contributed by atoms with Gasteiger partial charge in [-0.1, -0.05) is 6.92 Å². The average Bonchev–Trinajstić information content (AvgIpc) is 2.50. The molecule has 0 amide bonds. The molecule has 0 fully saturated rings. The molecule has 0 aliphatic rings. The standard InChI is InChI=1S/C10H20N4O/c1-8(4-3-5-15-2)7-14-10(12)9(11)6-13-14/h6,8H,3-5,7,11-12H2,1-2H3. The summed E-state index contributed by atoms with van der Waals surface area (Å²) in [5, 5.41) is 4.12. The molecule has 1 unspecified atom stereocenters. The van der Waals surface area contributed by atoms with Crippen LogP contribution >= 0.6 is 0 Å². The quantitative estimate of drug-likeness (QED) is 0.692. The van der Waals surface area contributed by atoms with Crippen molar-refractivity contribution in [1.29, 1.82) is 0 Å². The number of nitrogens with two attached hydrogens (primary N) is 2. The summed E-state index contributed by atoms with van der Waals surface area (Å²) in [5.74, 6) is 1.09. The van der Waals surface area contributed by atoms with Gasteiger partial charge in [0.1, 0.15) is 5.82 Å². The van der Waals surface area contributed by atoms with Crippen molar-refractivity contribution in [1.82, 2.24) is 9.78 Å². The van der Waals surface area contributed by atoms with Gasteiger partial charge in [0.25, 0.3) is 0 Å². The van der Waals surface area contributed by atoms with Gasteiger partial charge in [0, 0.05) is 20.3 Å². The maximum Gasteiger partial charge on any atom is 0.145 e. The molecule has 5 nitrogen and oxygen atoms in total. The van der Waals surface area contributed by atoms with Crippen molar-refractivity contribution >= 4 is 11.5 Å². The van der Waals surface area contributed by atoms with E-state index in [1.54, 1.807) is 18.0 Å². The fourth-order valence-electron chi connectivity index (χ4n) is 1.52. The van der Waals surface area contributed by atoms with Crippen molar-refractivity contribution in [2.24, 2.45) is 5.92 Å². The minimum Gasteiger partial charge on any atom is -0.394 e. The molecule has 1 aromatic rings. The smallest absolute Gasteiger partial charge is 0.145 e. The fourth-order valence-corrected chi connectivity index (χ4v) is 1.52. The zero-order valence-corrected chi connectivity index (χ0v) is 9.44. The lowest BCUT2D eigenvalue weighted by atomic mass is 10.1.